The van der Waals surface area contributed by atoms with Gasteiger partial charge in [0.05, 0.1) is 11.7 Å². The molecule has 2 unspecified atom stereocenters. The first-order chi connectivity index (χ1) is 8.87. The molecule has 0 spiro atoms. The smallest absolute Gasteiger partial charge is 0.397 e. The van der Waals surface area contributed by atoms with Gasteiger partial charge in [-0.15, -0.1) is 0 Å². The minimum absolute atomic E-state index is 0.339. The van der Waals surface area contributed by atoms with Crippen molar-refractivity contribution in [1.82, 2.24) is 0 Å². The molecular formula is C12H14O6S. The van der Waals surface area contributed by atoms with E-state index in [1.54, 1.807) is 18.2 Å². The van der Waals surface area contributed by atoms with Gasteiger partial charge in [-0.25, -0.2) is 8.98 Å². The first-order valence-corrected chi connectivity index (χ1v) is 7.19. The fraction of sp³-hybridized carbons (Fsp3) is 0.417. The molecule has 1 aliphatic heterocycles. The van der Waals surface area contributed by atoms with E-state index in [4.69, 9.17) is 9.29 Å². The van der Waals surface area contributed by atoms with E-state index in [1.165, 1.54) is 6.92 Å². The molecule has 1 N–H and O–H groups in total. The first-order valence-electron chi connectivity index (χ1n) is 5.82. The maximum atomic E-state index is 11.6. The van der Waals surface area contributed by atoms with Crippen LogP contribution < -0.4 is 0 Å². The topological polar surface area (TPSA) is 89.9 Å². The van der Waals surface area contributed by atoms with Gasteiger partial charge in [0.25, 0.3) is 0 Å². The second kappa shape index (κ2) is 5.28. The Balaban J connectivity index is 1.97. The maximum absolute atomic E-state index is 11.6. The molecule has 19 heavy (non-hydrogen) atoms. The Morgan fingerprint density at radius 1 is 1.42 bits per heavy atom. The third-order valence-electron chi connectivity index (χ3n) is 2.90. The number of hydrogen-bond donors (Lipinski definition) is 1. The molecule has 2 rings (SSSR count). The number of ether oxygens (including phenoxy) is 1. The highest BCUT2D eigenvalue weighted by atomic mass is 32.3. The Bertz CT molecular complexity index is 580. The van der Waals surface area contributed by atoms with Crippen LogP contribution in [0.2, 0.25) is 0 Å². The number of rotatable bonds is 5. The molecule has 0 saturated heterocycles. The first kappa shape index (κ1) is 14.0. The number of fused-ring (bicyclic) bond motifs is 1. The van der Waals surface area contributed by atoms with Gasteiger partial charge in [-0.2, -0.15) is 8.42 Å². The highest BCUT2D eigenvalue weighted by Gasteiger charge is 2.30. The van der Waals surface area contributed by atoms with Gasteiger partial charge in [-0.3, -0.25) is 4.55 Å². The van der Waals surface area contributed by atoms with Gasteiger partial charge >= 0.3 is 16.4 Å². The van der Waals surface area contributed by atoms with Crippen molar-refractivity contribution < 1.29 is 26.7 Å². The van der Waals surface area contributed by atoms with Crippen molar-refractivity contribution in [2.75, 3.05) is 0 Å². The number of carbonyl (C=O) groups is 1. The van der Waals surface area contributed by atoms with Gasteiger partial charge in [0.2, 0.25) is 0 Å². The molecule has 0 aromatic heterocycles. The molecule has 2 atom stereocenters. The largest absolute Gasteiger partial charge is 0.454 e. The van der Waals surface area contributed by atoms with Gasteiger partial charge in [0, 0.05) is 5.56 Å². The zero-order valence-electron chi connectivity index (χ0n) is 10.3. The molecule has 0 radical (unpaired) electrons. The highest BCUT2D eigenvalue weighted by molar-refractivity contribution is 7.80. The normalized spacial score (nSPS) is 19.9. The van der Waals surface area contributed by atoms with Gasteiger partial charge in [-0.1, -0.05) is 18.2 Å². The molecule has 0 amide bonds. The van der Waals surface area contributed by atoms with Crippen molar-refractivity contribution in [3.63, 3.8) is 0 Å². The third-order valence-corrected chi connectivity index (χ3v) is 3.47. The molecule has 6 nitrogen and oxygen atoms in total. The summed E-state index contributed by atoms with van der Waals surface area (Å²) in [6.07, 6.45) is -0.302. The zero-order valence-corrected chi connectivity index (χ0v) is 11.1. The molecule has 0 bridgehead atoms. The van der Waals surface area contributed by atoms with Gasteiger partial charge in [-0.05, 0) is 25.8 Å². The summed E-state index contributed by atoms with van der Waals surface area (Å²) >= 11 is 0. The average Bonchev–Trinajstić information content (AvgIpc) is 2.62. The van der Waals surface area contributed by atoms with Crippen LogP contribution in [0, 0.1) is 0 Å². The summed E-state index contributed by atoms with van der Waals surface area (Å²) in [5.41, 5.74) is 1.34. The molecule has 1 heterocycles. The average molecular weight is 286 g/mol. The molecule has 104 valence electrons. The van der Waals surface area contributed by atoms with E-state index >= 15 is 0 Å². The Kier molecular flexibility index (Phi) is 3.88. The van der Waals surface area contributed by atoms with Crippen LogP contribution >= 0.6 is 0 Å². The van der Waals surface area contributed by atoms with Crippen molar-refractivity contribution in [2.24, 2.45) is 0 Å². The summed E-state index contributed by atoms with van der Waals surface area (Å²) in [7, 11) is -4.45. The van der Waals surface area contributed by atoms with E-state index in [1.807, 2.05) is 6.07 Å². The lowest BCUT2D eigenvalue weighted by Gasteiger charge is -2.14. The van der Waals surface area contributed by atoms with Crippen molar-refractivity contribution in [3.8, 4) is 0 Å². The summed E-state index contributed by atoms with van der Waals surface area (Å²) in [5, 5.41) is 0. The van der Waals surface area contributed by atoms with Gasteiger partial charge in [0.15, 0.2) is 0 Å². The van der Waals surface area contributed by atoms with Crippen LogP contribution in [0.5, 0.6) is 0 Å². The fourth-order valence-corrected chi connectivity index (χ4v) is 2.59. The van der Waals surface area contributed by atoms with Crippen LogP contribution in [-0.2, 0) is 19.3 Å². The Hall–Kier alpha value is -1.44. The van der Waals surface area contributed by atoms with E-state index in [-0.39, 0.29) is 5.97 Å². The molecule has 1 aromatic rings. The minimum atomic E-state index is -4.45. The maximum Gasteiger partial charge on any atom is 0.397 e. The minimum Gasteiger partial charge on any atom is -0.454 e. The number of hydrogen-bond acceptors (Lipinski definition) is 5. The predicted octanol–water partition coefficient (Wildman–Crippen LogP) is 1.89. The molecule has 0 aliphatic carbocycles. The fourth-order valence-electron chi connectivity index (χ4n) is 2.08. The Morgan fingerprint density at radius 3 is 2.79 bits per heavy atom. The van der Waals surface area contributed by atoms with Gasteiger partial charge < -0.3 is 4.74 Å². The van der Waals surface area contributed by atoms with E-state index in [2.05, 4.69) is 4.18 Å². The lowest BCUT2D eigenvalue weighted by molar-refractivity contribution is 0.0338. The van der Waals surface area contributed by atoms with Gasteiger partial charge in [0.1, 0.15) is 6.10 Å². The van der Waals surface area contributed by atoms with Crippen molar-refractivity contribution in [1.29, 1.82) is 0 Å². The van der Waals surface area contributed by atoms with Crippen LogP contribution in [-0.4, -0.2) is 25.0 Å². The lowest BCUT2D eigenvalue weighted by Crippen LogP contribution is -2.15. The monoisotopic (exact) mass is 286 g/mol. The Morgan fingerprint density at radius 2 is 2.11 bits per heavy atom. The highest BCUT2D eigenvalue weighted by Crippen LogP contribution is 2.34. The number of carbonyl (C=O) groups excluding carboxylic acids is 1. The quantitative estimate of drug-likeness (QED) is 0.656. The predicted molar refractivity (Wildman–Crippen MR) is 65.9 cm³/mol. The summed E-state index contributed by atoms with van der Waals surface area (Å²) < 4.78 is 39.2. The number of cyclic esters (lactones) is 1. The molecular weight excluding hydrogens is 272 g/mol. The van der Waals surface area contributed by atoms with Crippen LogP contribution in [0.1, 0.15) is 41.8 Å². The second-order valence-electron chi connectivity index (χ2n) is 4.39. The van der Waals surface area contributed by atoms with Crippen LogP contribution in [0.15, 0.2) is 24.3 Å². The standard InChI is InChI=1S/C12H14O6S/c1-8(18-19(14,15)16)6-7-11-9-4-2-3-5-10(9)12(13)17-11/h2-5,8,11H,6-7H2,1H3,(H,14,15,16). The molecule has 0 saturated carbocycles. The van der Waals surface area contributed by atoms with E-state index in [9.17, 15) is 13.2 Å². The van der Waals surface area contributed by atoms with E-state index in [0.29, 0.717) is 18.4 Å². The SMILES string of the molecule is CC(CCC1OC(=O)c2ccccc21)OS(=O)(=O)O. The number of benzene rings is 1. The molecule has 0 fully saturated rings. The van der Waals surface area contributed by atoms with Crippen LogP contribution in [0.25, 0.3) is 0 Å². The second-order valence-corrected chi connectivity index (χ2v) is 5.44. The zero-order chi connectivity index (χ0) is 14.0. The summed E-state index contributed by atoms with van der Waals surface area (Å²) in [4.78, 5) is 11.6. The van der Waals surface area contributed by atoms with E-state index in [0.717, 1.165) is 5.56 Å². The van der Waals surface area contributed by atoms with Crippen molar-refractivity contribution in [3.05, 3.63) is 35.4 Å². The van der Waals surface area contributed by atoms with Crippen molar-refractivity contribution >= 4 is 16.4 Å². The Labute approximate surface area is 111 Å². The van der Waals surface area contributed by atoms with Crippen molar-refractivity contribution in [2.45, 2.75) is 32.0 Å². The molecule has 1 aromatic carbocycles. The van der Waals surface area contributed by atoms with E-state index < -0.39 is 22.6 Å². The summed E-state index contributed by atoms with van der Waals surface area (Å²) in [6, 6.07) is 7.06. The van der Waals surface area contributed by atoms with Crippen LogP contribution in [0.3, 0.4) is 0 Å². The third kappa shape index (κ3) is 3.52. The summed E-state index contributed by atoms with van der Waals surface area (Å²) in [6.45, 7) is 1.52. The summed E-state index contributed by atoms with van der Waals surface area (Å²) in [5.74, 6) is -0.371. The molecule has 1 aliphatic rings. The number of esters is 1. The lowest BCUT2D eigenvalue weighted by atomic mass is 10.0. The van der Waals surface area contributed by atoms with Crippen LogP contribution in [0.4, 0.5) is 0 Å². The molecule has 7 heteroatoms.